The summed E-state index contributed by atoms with van der Waals surface area (Å²) in [5.41, 5.74) is 0. The highest BCUT2D eigenvalue weighted by atomic mass is 16.7. The van der Waals surface area contributed by atoms with Crippen molar-refractivity contribution in [1.82, 2.24) is 20.5 Å². The average molecular weight is 388 g/mol. The molecule has 1 atom stereocenters. The summed E-state index contributed by atoms with van der Waals surface area (Å²) >= 11 is 0. The number of carbonyl (C=O) groups is 3. The van der Waals surface area contributed by atoms with Crippen molar-refractivity contribution in [2.75, 3.05) is 46.9 Å². The second-order valence-electron chi connectivity index (χ2n) is 5.96. The topological polar surface area (TPSA) is 139 Å². The van der Waals surface area contributed by atoms with Gasteiger partial charge in [0.1, 0.15) is 13.2 Å². The zero-order chi connectivity index (χ0) is 20.2. The van der Waals surface area contributed by atoms with Crippen molar-refractivity contribution in [3.05, 3.63) is 5.21 Å². The number of urea groups is 1. The molecule has 3 amide bonds. The standard InChI is InChI=1S/C15H28N6O6/c1-12(22)17-13(14(23)26-2)6-4-5-7-16-15(24)19-8-10-20(11-9-19)21(25)18-27-3/h13H,4-11H2,1-3H3,(H,16,24)(H,17,22)/b21-18-. The number of rotatable bonds is 9. The van der Waals surface area contributed by atoms with E-state index in [1.54, 1.807) is 4.90 Å². The highest BCUT2D eigenvalue weighted by Gasteiger charge is 2.25. The molecule has 1 aliphatic heterocycles. The summed E-state index contributed by atoms with van der Waals surface area (Å²) in [5.74, 6) is -0.785. The Morgan fingerprint density at radius 1 is 1.19 bits per heavy atom. The SMILES string of the molecule is CO/N=[N+](\[O-])N1CCN(C(=O)NCCCCC(NC(C)=O)C(=O)OC)CC1. The fourth-order valence-electron chi connectivity index (χ4n) is 2.61. The lowest BCUT2D eigenvalue weighted by molar-refractivity contribution is -0.711. The van der Waals surface area contributed by atoms with Crippen LogP contribution in [-0.2, 0) is 19.2 Å². The molecular formula is C15H28N6O6. The van der Waals surface area contributed by atoms with Gasteiger partial charge >= 0.3 is 12.0 Å². The van der Waals surface area contributed by atoms with Crippen LogP contribution in [0.5, 0.6) is 0 Å². The number of hydrogen-bond donors (Lipinski definition) is 2. The predicted molar refractivity (Wildman–Crippen MR) is 93.1 cm³/mol. The van der Waals surface area contributed by atoms with Crippen molar-refractivity contribution in [3.63, 3.8) is 0 Å². The van der Waals surface area contributed by atoms with Crippen LogP contribution >= 0.6 is 0 Å². The van der Waals surface area contributed by atoms with Gasteiger partial charge in [-0.2, -0.15) is 0 Å². The fourth-order valence-corrected chi connectivity index (χ4v) is 2.61. The fraction of sp³-hybridized carbons (Fsp3) is 0.800. The molecule has 2 N–H and O–H groups in total. The second kappa shape index (κ2) is 11.8. The molecule has 0 radical (unpaired) electrons. The van der Waals surface area contributed by atoms with Crippen LogP contribution in [0.25, 0.3) is 0 Å². The molecule has 1 fully saturated rings. The lowest BCUT2D eigenvalue weighted by Crippen LogP contribution is -2.53. The van der Waals surface area contributed by atoms with E-state index in [9.17, 15) is 19.6 Å². The number of piperazine rings is 1. The van der Waals surface area contributed by atoms with Gasteiger partial charge in [0, 0.05) is 26.6 Å². The van der Waals surface area contributed by atoms with E-state index in [4.69, 9.17) is 0 Å². The van der Waals surface area contributed by atoms with Crippen molar-refractivity contribution < 1.29 is 28.9 Å². The number of hydrogen-bond acceptors (Lipinski definition) is 7. The monoisotopic (exact) mass is 388 g/mol. The normalized spacial score (nSPS) is 15.7. The van der Waals surface area contributed by atoms with E-state index in [2.05, 4.69) is 25.5 Å². The molecule has 154 valence electrons. The third kappa shape index (κ3) is 7.96. The van der Waals surface area contributed by atoms with Gasteiger partial charge in [0.25, 0.3) is 0 Å². The Bertz CT molecular complexity index is 535. The molecule has 1 saturated heterocycles. The number of esters is 1. The first kappa shape index (κ1) is 22.3. The van der Waals surface area contributed by atoms with Crippen LogP contribution in [0.1, 0.15) is 26.2 Å². The van der Waals surface area contributed by atoms with E-state index in [1.165, 1.54) is 26.2 Å². The van der Waals surface area contributed by atoms with E-state index in [1.807, 2.05) is 0 Å². The van der Waals surface area contributed by atoms with E-state index < -0.39 is 12.0 Å². The predicted octanol–water partition coefficient (Wildman–Crippen LogP) is -0.399. The maximum absolute atomic E-state index is 12.1. The first-order valence-electron chi connectivity index (χ1n) is 8.73. The molecule has 12 heteroatoms. The third-order valence-corrected chi connectivity index (χ3v) is 4.00. The second-order valence-corrected chi connectivity index (χ2v) is 5.96. The van der Waals surface area contributed by atoms with E-state index in [0.29, 0.717) is 57.0 Å². The number of hydrazine groups is 1. The third-order valence-electron chi connectivity index (χ3n) is 4.00. The molecule has 0 bridgehead atoms. The molecule has 0 aliphatic carbocycles. The van der Waals surface area contributed by atoms with Gasteiger partial charge in [-0.1, -0.05) is 0 Å². The van der Waals surface area contributed by atoms with Gasteiger partial charge in [0.15, 0.2) is 0 Å². The molecule has 1 aliphatic rings. The summed E-state index contributed by atoms with van der Waals surface area (Å²) in [4.78, 5) is 41.2. The Labute approximate surface area is 158 Å². The quantitative estimate of drug-likeness (QED) is 0.180. The van der Waals surface area contributed by atoms with Gasteiger partial charge in [0.05, 0.1) is 25.2 Å². The number of nitrogens with zero attached hydrogens (tertiary/aromatic N) is 4. The highest BCUT2D eigenvalue weighted by Crippen LogP contribution is 2.05. The molecule has 0 saturated carbocycles. The largest absolute Gasteiger partial charge is 0.569 e. The van der Waals surface area contributed by atoms with Crippen LogP contribution in [0.15, 0.2) is 5.28 Å². The Kier molecular flexibility index (Phi) is 9.69. The van der Waals surface area contributed by atoms with Crippen molar-refractivity contribution in [3.8, 4) is 0 Å². The van der Waals surface area contributed by atoms with Crippen molar-refractivity contribution in [2.24, 2.45) is 5.28 Å². The van der Waals surface area contributed by atoms with Crippen LogP contribution in [0.2, 0.25) is 0 Å². The maximum atomic E-state index is 12.1. The van der Waals surface area contributed by atoms with Gasteiger partial charge in [-0.25, -0.2) is 9.59 Å². The van der Waals surface area contributed by atoms with Crippen molar-refractivity contribution >= 4 is 17.9 Å². The summed E-state index contributed by atoms with van der Waals surface area (Å²) in [6, 6.07) is -0.883. The molecule has 0 aromatic heterocycles. The van der Waals surface area contributed by atoms with Crippen LogP contribution in [-0.4, -0.2) is 85.8 Å². The van der Waals surface area contributed by atoms with Crippen LogP contribution in [0.3, 0.4) is 0 Å². The summed E-state index contributed by atoms with van der Waals surface area (Å²) in [7, 11) is 2.56. The molecule has 1 unspecified atom stereocenters. The summed E-state index contributed by atoms with van der Waals surface area (Å²) < 4.78 is 4.65. The minimum atomic E-state index is -0.677. The number of methoxy groups -OCH3 is 1. The van der Waals surface area contributed by atoms with Gasteiger partial charge in [-0.15, -0.1) is 5.01 Å². The number of unbranched alkanes of at least 4 members (excludes halogenated alkanes) is 1. The van der Waals surface area contributed by atoms with Crippen LogP contribution in [0, 0.1) is 5.21 Å². The summed E-state index contributed by atoms with van der Waals surface area (Å²) in [5, 5.41) is 21.5. The Hall–Kier alpha value is -2.79. The van der Waals surface area contributed by atoms with Gasteiger partial charge in [-0.3, -0.25) is 4.79 Å². The number of nitrogens with one attached hydrogen (secondary N) is 2. The Balaban J connectivity index is 2.25. The van der Waals surface area contributed by atoms with E-state index in [-0.39, 0.29) is 11.9 Å². The Morgan fingerprint density at radius 2 is 1.85 bits per heavy atom. The number of carbonyl (C=O) groups excluding carboxylic acids is 3. The highest BCUT2D eigenvalue weighted by molar-refractivity contribution is 5.83. The van der Waals surface area contributed by atoms with Crippen molar-refractivity contribution in [2.45, 2.75) is 32.2 Å². The van der Waals surface area contributed by atoms with Gasteiger partial charge in [-0.05, 0) is 19.3 Å². The zero-order valence-corrected chi connectivity index (χ0v) is 16.0. The molecule has 0 aromatic carbocycles. The lowest BCUT2D eigenvalue weighted by atomic mass is 10.1. The first-order chi connectivity index (χ1) is 12.9. The summed E-state index contributed by atoms with van der Waals surface area (Å²) in [6.07, 6.45) is 1.72. The molecule has 1 rings (SSSR count). The minimum absolute atomic E-state index is 0.206. The minimum Gasteiger partial charge on any atom is -0.569 e. The van der Waals surface area contributed by atoms with E-state index in [0.717, 1.165) is 0 Å². The van der Waals surface area contributed by atoms with E-state index >= 15 is 0 Å². The summed E-state index contributed by atoms with van der Waals surface area (Å²) in [6.45, 7) is 3.31. The van der Waals surface area contributed by atoms with Crippen LogP contribution < -0.4 is 10.6 Å². The lowest BCUT2D eigenvalue weighted by Gasteiger charge is -2.31. The molecule has 27 heavy (non-hydrogen) atoms. The zero-order valence-electron chi connectivity index (χ0n) is 16.0. The Morgan fingerprint density at radius 3 is 2.41 bits per heavy atom. The van der Waals surface area contributed by atoms with Gasteiger partial charge in [0.2, 0.25) is 11.2 Å². The smallest absolute Gasteiger partial charge is 0.328 e. The molecular weight excluding hydrogens is 360 g/mol. The molecule has 0 spiro atoms. The van der Waals surface area contributed by atoms with Gasteiger partial charge < -0.3 is 30.3 Å². The molecule has 1 heterocycles. The maximum Gasteiger partial charge on any atom is 0.328 e. The number of ether oxygens (including phenoxy) is 1. The average Bonchev–Trinajstić information content (AvgIpc) is 2.66. The molecule has 12 nitrogen and oxygen atoms in total. The first-order valence-corrected chi connectivity index (χ1v) is 8.73. The molecule has 0 aromatic rings. The van der Waals surface area contributed by atoms with Crippen LogP contribution in [0.4, 0.5) is 4.79 Å². The number of amides is 3. The van der Waals surface area contributed by atoms with Crippen molar-refractivity contribution in [1.29, 1.82) is 0 Å².